The number of hydrogen-bond donors (Lipinski definition) is 0. The summed E-state index contributed by atoms with van der Waals surface area (Å²) < 4.78 is 34.1. The Morgan fingerprint density at radius 3 is 1.13 bits per heavy atom. The number of ether oxygens (including phenoxy) is 4. The number of hydrogen-bond acceptors (Lipinski definition) is 5. The molecule has 2 aromatic rings. The van der Waals surface area contributed by atoms with Crippen molar-refractivity contribution in [1.82, 2.24) is 0 Å². The molecule has 0 bridgehead atoms. The molecule has 0 unspecified atom stereocenters. The molecule has 0 N–H and O–H groups in total. The lowest BCUT2D eigenvalue weighted by Crippen LogP contribution is -2.13. The lowest BCUT2D eigenvalue weighted by molar-refractivity contribution is 0.395. The van der Waals surface area contributed by atoms with Gasteiger partial charge >= 0.3 is 0 Å². The first-order chi connectivity index (χ1) is 10.9. The summed E-state index contributed by atoms with van der Waals surface area (Å²) in [5, 5.41) is 0.816. The van der Waals surface area contributed by atoms with Gasteiger partial charge in [0.15, 0.2) is 0 Å². The first kappa shape index (κ1) is 17.5. The minimum Gasteiger partial charge on any atom is -0.497 e. The summed E-state index contributed by atoms with van der Waals surface area (Å²) in [6, 6.07) is 9.88. The van der Waals surface area contributed by atoms with E-state index in [1.807, 2.05) is 0 Å². The Kier molecular flexibility index (Phi) is 5.45. The monoisotopic (exact) mass is 356 g/mol. The van der Waals surface area contributed by atoms with E-state index in [1.165, 1.54) is 28.4 Å². The highest BCUT2D eigenvalue weighted by Gasteiger charge is 2.27. The number of rotatable bonds is 6. The largest absolute Gasteiger partial charge is 0.497 e. The fourth-order valence-electron chi connectivity index (χ4n) is 2.07. The van der Waals surface area contributed by atoms with Crippen LogP contribution in [0.15, 0.2) is 36.4 Å². The molecule has 7 heteroatoms. The second kappa shape index (κ2) is 7.16. The third-order valence-corrected chi connectivity index (χ3v) is 6.35. The molecule has 0 aliphatic rings. The average molecular weight is 357 g/mol. The molecule has 5 nitrogen and oxygen atoms in total. The molecule has 0 saturated carbocycles. The number of methoxy groups -OCH3 is 4. The van der Waals surface area contributed by atoms with E-state index in [0.29, 0.717) is 33.6 Å². The molecule has 0 amide bonds. The van der Waals surface area contributed by atoms with Gasteiger partial charge in [-0.05, 0) is 35.5 Å². The summed E-state index contributed by atoms with van der Waals surface area (Å²) in [7, 11) is 6.08. The fourth-order valence-corrected chi connectivity index (χ4v) is 4.12. The van der Waals surface area contributed by atoms with Gasteiger partial charge in [-0.25, -0.2) is 0 Å². The molecular formula is C16H18ClO5P. The van der Waals surface area contributed by atoms with Crippen molar-refractivity contribution in [3.05, 3.63) is 36.4 Å². The zero-order chi connectivity index (χ0) is 17.0. The van der Waals surface area contributed by atoms with Crippen LogP contribution >= 0.6 is 17.7 Å². The zero-order valence-electron chi connectivity index (χ0n) is 13.3. The first-order valence-corrected chi connectivity index (χ1v) is 9.32. The Labute approximate surface area is 140 Å². The molecule has 0 aliphatic heterocycles. The predicted octanol–water partition coefficient (Wildman–Crippen LogP) is 3.19. The molecule has 23 heavy (non-hydrogen) atoms. The topological polar surface area (TPSA) is 54.0 Å². The van der Waals surface area contributed by atoms with E-state index >= 15 is 0 Å². The zero-order valence-corrected chi connectivity index (χ0v) is 15.0. The van der Waals surface area contributed by atoms with Gasteiger partial charge in [-0.2, -0.15) is 0 Å². The Hall–Kier alpha value is -1.84. The van der Waals surface area contributed by atoms with Crippen LogP contribution < -0.4 is 29.6 Å². The van der Waals surface area contributed by atoms with Gasteiger partial charge in [0, 0.05) is 22.7 Å². The Morgan fingerprint density at radius 1 is 0.652 bits per heavy atom. The maximum atomic E-state index is 13.2. The molecule has 0 atom stereocenters. The molecule has 2 aromatic carbocycles. The van der Waals surface area contributed by atoms with Crippen LogP contribution in [0.25, 0.3) is 0 Å². The molecule has 0 heterocycles. The third kappa shape index (κ3) is 3.74. The van der Waals surface area contributed by atoms with Crippen LogP contribution in [0.2, 0.25) is 0 Å². The lowest BCUT2D eigenvalue weighted by Gasteiger charge is -2.16. The maximum Gasteiger partial charge on any atom is 0.226 e. The fraction of sp³-hybridized carbons (Fsp3) is 0.250. The summed E-state index contributed by atoms with van der Waals surface area (Å²) in [6.45, 7) is -3.41. The van der Waals surface area contributed by atoms with E-state index in [4.69, 9.17) is 30.2 Å². The molecule has 0 fully saturated rings. The van der Waals surface area contributed by atoms with Crippen molar-refractivity contribution in [2.24, 2.45) is 0 Å². The van der Waals surface area contributed by atoms with Crippen LogP contribution in [0.4, 0.5) is 0 Å². The van der Waals surface area contributed by atoms with Gasteiger partial charge in [0.05, 0.1) is 28.4 Å². The van der Waals surface area contributed by atoms with Crippen molar-refractivity contribution in [2.75, 3.05) is 28.4 Å². The highest BCUT2D eigenvalue weighted by atomic mass is 35.7. The van der Waals surface area contributed by atoms with E-state index in [1.54, 1.807) is 36.4 Å². The normalized spacial score (nSPS) is 11.0. The lowest BCUT2D eigenvalue weighted by atomic mass is 10.3. The van der Waals surface area contributed by atoms with Gasteiger partial charge in [-0.15, -0.1) is 0 Å². The van der Waals surface area contributed by atoms with Gasteiger partial charge in [-0.1, -0.05) is 0 Å². The van der Waals surface area contributed by atoms with E-state index in [-0.39, 0.29) is 0 Å². The number of benzene rings is 2. The highest BCUT2D eigenvalue weighted by molar-refractivity contribution is 8.00. The van der Waals surface area contributed by atoms with Gasteiger partial charge in [0.1, 0.15) is 23.0 Å². The molecule has 0 spiro atoms. The molecule has 2 rings (SSSR count). The summed E-state index contributed by atoms with van der Waals surface area (Å²) in [4.78, 5) is 0. The van der Waals surface area contributed by atoms with Crippen molar-refractivity contribution >= 4 is 28.3 Å². The number of halogens is 1. The molecule has 0 aromatic heterocycles. The average Bonchev–Trinajstić information content (AvgIpc) is 2.60. The van der Waals surface area contributed by atoms with Crippen molar-refractivity contribution < 1.29 is 23.5 Å². The van der Waals surface area contributed by atoms with Crippen molar-refractivity contribution in [1.29, 1.82) is 0 Å². The van der Waals surface area contributed by atoms with Gasteiger partial charge < -0.3 is 18.9 Å². The van der Waals surface area contributed by atoms with E-state index in [9.17, 15) is 4.57 Å². The van der Waals surface area contributed by atoms with Crippen LogP contribution in [-0.4, -0.2) is 28.4 Å². The summed E-state index contributed by atoms with van der Waals surface area (Å²) in [5.74, 6) is 2.04. The van der Waals surface area contributed by atoms with E-state index < -0.39 is 6.49 Å². The van der Waals surface area contributed by atoms with Crippen LogP contribution in [0.5, 0.6) is 23.0 Å². The van der Waals surface area contributed by atoms with Gasteiger partial charge in [0.2, 0.25) is 6.49 Å². The molecule has 0 saturated heterocycles. The Bertz CT molecular complexity index is 643. The van der Waals surface area contributed by atoms with Crippen LogP contribution in [0.1, 0.15) is 0 Å². The van der Waals surface area contributed by atoms with E-state index in [2.05, 4.69) is 0 Å². The summed E-state index contributed by atoms with van der Waals surface area (Å²) in [6.07, 6.45) is 0. The maximum absolute atomic E-state index is 13.2. The predicted molar refractivity (Wildman–Crippen MR) is 91.8 cm³/mol. The van der Waals surface area contributed by atoms with Crippen molar-refractivity contribution in [2.45, 2.75) is 0 Å². The van der Waals surface area contributed by atoms with E-state index in [0.717, 1.165) is 0 Å². The smallest absolute Gasteiger partial charge is 0.226 e. The van der Waals surface area contributed by atoms with Gasteiger partial charge in [-0.3, -0.25) is 4.57 Å². The second-order valence-corrected chi connectivity index (χ2v) is 8.20. The van der Waals surface area contributed by atoms with Crippen LogP contribution in [0.3, 0.4) is 0 Å². The Morgan fingerprint density at radius 2 is 0.913 bits per heavy atom. The highest BCUT2D eigenvalue weighted by Crippen LogP contribution is 2.51. The molecule has 0 radical (unpaired) electrons. The first-order valence-electron chi connectivity index (χ1n) is 6.71. The minimum atomic E-state index is -3.41. The quantitative estimate of drug-likeness (QED) is 0.744. The summed E-state index contributed by atoms with van der Waals surface area (Å²) >= 11 is 6.44. The second-order valence-electron chi connectivity index (χ2n) is 4.67. The van der Waals surface area contributed by atoms with Crippen LogP contribution in [-0.2, 0) is 4.57 Å². The van der Waals surface area contributed by atoms with Gasteiger partial charge in [0.25, 0.3) is 0 Å². The van der Waals surface area contributed by atoms with Crippen molar-refractivity contribution in [3.63, 3.8) is 0 Å². The molecule has 124 valence electrons. The standard InChI is InChI=1S/C16H18ClO5P/c1-19-11-5-12(20-2)8-15(7-11)23(17,18)16-9-13(21-3)6-14(10-16)22-4/h5-10H,1-4H3. The molecule has 0 aliphatic carbocycles. The van der Waals surface area contributed by atoms with Crippen LogP contribution in [0, 0.1) is 0 Å². The molecular weight excluding hydrogens is 339 g/mol. The third-order valence-electron chi connectivity index (χ3n) is 3.34. The minimum absolute atomic E-state index is 0.408. The van der Waals surface area contributed by atoms with Crippen molar-refractivity contribution in [3.8, 4) is 23.0 Å². The summed E-state index contributed by atoms with van der Waals surface area (Å²) in [5.41, 5.74) is 0. The SMILES string of the molecule is COc1cc(OC)cc(P(=O)(Cl)c2cc(OC)cc(OC)c2)c1. The Balaban J connectivity index is 2.59.